The Morgan fingerprint density at radius 3 is 1.28 bits per heavy atom. The van der Waals surface area contributed by atoms with Crippen LogP contribution < -0.4 is 20.7 Å². The fourth-order valence-electron chi connectivity index (χ4n) is 6.87. The van der Waals surface area contributed by atoms with Crippen LogP contribution in [-0.2, 0) is 8.85 Å². The summed E-state index contributed by atoms with van der Waals surface area (Å²) in [5.74, 6) is 0. The predicted molar refractivity (Wildman–Crippen MR) is 198 cm³/mol. The van der Waals surface area contributed by atoms with Gasteiger partial charge in [0, 0.05) is 11.5 Å². The van der Waals surface area contributed by atoms with Crippen molar-refractivity contribution in [3.05, 3.63) is 132 Å². The Kier molecular flexibility index (Phi) is 11.3. The van der Waals surface area contributed by atoms with Crippen molar-refractivity contribution in [1.29, 1.82) is 5.26 Å². The Bertz CT molecular complexity index is 1580. The zero-order valence-corrected chi connectivity index (χ0v) is 30.9. The molecule has 0 saturated carbocycles. The summed E-state index contributed by atoms with van der Waals surface area (Å²) >= 11 is 0. The molecule has 0 aliphatic heterocycles. The molecule has 0 saturated heterocycles. The number of rotatable bonds is 13. The SMILES string of the molecule is CC(C)(C)[Si](OC[C@H](C[C@@](C)(C#N)CO[Si](c1ccccc1)(c1ccccc1)C(C)(C)C)N=[N+]=[N-])(c1ccccc1)c1ccccc1. The molecule has 6 nitrogen and oxygen atoms in total. The number of azide groups is 1. The molecule has 0 spiro atoms. The molecule has 8 heteroatoms. The molecule has 0 aromatic heterocycles. The van der Waals surface area contributed by atoms with Gasteiger partial charge in [0.1, 0.15) is 0 Å². The van der Waals surface area contributed by atoms with Crippen molar-refractivity contribution in [1.82, 2.24) is 0 Å². The Morgan fingerprint density at radius 2 is 0.979 bits per heavy atom. The van der Waals surface area contributed by atoms with Gasteiger partial charge >= 0.3 is 0 Å². The van der Waals surface area contributed by atoms with Gasteiger partial charge in [-0.05, 0) is 49.7 Å². The van der Waals surface area contributed by atoms with Gasteiger partial charge in [0.2, 0.25) is 0 Å². The van der Waals surface area contributed by atoms with Crippen LogP contribution in [0, 0.1) is 16.7 Å². The molecule has 0 heterocycles. The molecule has 0 fully saturated rings. The first-order valence-corrected chi connectivity index (χ1v) is 20.1. The largest absolute Gasteiger partial charge is 0.407 e. The van der Waals surface area contributed by atoms with Crippen LogP contribution in [0.3, 0.4) is 0 Å². The van der Waals surface area contributed by atoms with Gasteiger partial charge in [0.05, 0.1) is 24.1 Å². The molecule has 4 aromatic rings. The molecule has 0 N–H and O–H groups in total. The minimum absolute atomic E-state index is 0.188. The monoisotopic (exact) mass is 660 g/mol. The second kappa shape index (κ2) is 14.9. The van der Waals surface area contributed by atoms with Gasteiger partial charge in [0.15, 0.2) is 0 Å². The van der Waals surface area contributed by atoms with Gasteiger partial charge in [-0.3, -0.25) is 0 Å². The Balaban J connectivity index is 1.70. The number of benzene rings is 4. The zero-order valence-electron chi connectivity index (χ0n) is 28.9. The molecule has 47 heavy (non-hydrogen) atoms. The number of nitriles is 1. The highest BCUT2D eigenvalue weighted by atomic mass is 28.4. The van der Waals surface area contributed by atoms with Crippen LogP contribution in [0.4, 0.5) is 0 Å². The van der Waals surface area contributed by atoms with Gasteiger partial charge in [-0.25, -0.2) is 0 Å². The number of hydrogen-bond acceptors (Lipinski definition) is 4. The second-order valence-corrected chi connectivity index (χ2v) is 23.3. The minimum atomic E-state index is -2.89. The first kappa shape index (κ1) is 35.9. The van der Waals surface area contributed by atoms with E-state index < -0.39 is 28.1 Å². The van der Waals surface area contributed by atoms with E-state index in [2.05, 4.69) is 155 Å². The van der Waals surface area contributed by atoms with Gasteiger partial charge < -0.3 is 8.85 Å². The van der Waals surface area contributed by atoms with Crippen LogP contribution in [0.2, 0.25) is 10.1 Å². The molecule has 244 valence electrons. The lowest BCUT2D eigenvalue weighted by Gasteiger charge is -2.45. The molecule has 0 aliphatic carbocycles. The standard InChI is InChI=1S/C39H48N4O2Si2/c1-37(2,3)46(33-20-12-8-13-21-33,34-22-14-9-15-23-34)44-29-32(42-43-41)28-39(7,30-40)31-45-47(38(4,5)6,35-24-16-10-17-25-35)36-26-18-11-19-27-36/h8-27,32H,28-29,31H2,1-7H3/t32-,39-/m0/s1. The van der Waals surface area contributed by atoms with Gasteiger partial charge in [-0.2, -0.15) is 5.26 Å². The topological polar surface area (TPSA) is 91.0 Å². The molecule has 4 aromatic carbocycles. The van der Waals surface area contributed by atoms with Crippen LogP contribution in [0.15, 0.2) is 126 Å². The highest BCUT2D eigenvalue weighted by Crippen LogP contribution is 2.40. The lowest BCUT2D eigenvalue weighted by atomic mass is 9.86. The Labute approximate surface area is 283 Å². The predicted octanol–water partition coefficient (Wildman–Crippen LogP) is 7.74. The second-order valence-electron chi connectivity index (χ2n) is 14.7. The number of hydrogen-bond donors (Lipinski definition) is 0. The number of nitrogens with zero attached hydrogens (tertiary/aromatic N) is 4. The highest BCUT2D eigenvalue weighted by Gasteiger charge is 2.52. The summed E-state index contributed by atoms with van der Waals surface area (Å²) in [6.45, 7) is 15.6. The van der Waals surface area contributed by atoms with E-state index in [1.54, 1.807) is 0 Å². The minimum Gasteiger partial charge on any atom is -0.407 e. The average Bonchev–Trinajstić information content (AvgIpc) is 3.06. The van der Waals surface area contributed by atoms with Crippen LogP contribution >= 0.6 is 0 Å². The third-order valence-electron chi connectivity index (χ3n) is 9.10. The quantitative estimate of drug-likeness (QED) is 0.0636. The van der Waals surface area contributed by atoms with E-state index in [0.29, 0.717) is 6.42 Å². The average molecular weight is 661 g/mol. The summed E-state index contributed by atoms with van der Waals surface area (Å²) in [7, 11) is -5.76. The van der Waals surface area contributed by atoms with Crippen molar-refractivity contribution in [2.24, 2.45) is 10.5 Å². The molecule has 0 bridgehead atoms. The maximum Gasteiger partial charge on any atom is 0.261 e. The van der Waals surface area contributed by atoms with Crippen molar-refractivity contribution in [3.63, 3.8) is 0 Å². The van der Waals surface area contributed by atoms with E-state index >= 15 is 0 Å². The first-order valence-electron chi connectivity index (χ1n) is 16.3. The van der Waals surface area contributed by atoms with Gasteiger partial charge in [0.25, 0.3) is 16.6 Å². The van der Waals surface area contributed by atoms with Crippen molar-refractivity contribution in [2.75, 3.05) is 13.2 Å². The van der Waals surface area contributed by atoms with E-state index in [-0.39, 0.29) is 23.3 Å². The van der Waals surface area contributed by atoms with Crippen molar-refractivity contribution in [3.8, 4) is 6.07 Å². The van der Waals surface area contributed by atoms with Gasteiger partial charge in [-0.1, -0.05) is 168 Å². The molecular weight excluding hydrogens is 613 g/mol. The first-order chi connectivity index (χ1) is 22.3. The lowest BCUT2D eigenvalue weighted by Crippen LogP contribution is -2.67. The van der Waals surface area contributed by atoms with E-state index in [1.165, 1.54) is 0 Å². The fraction of sp³-hybridized carbons (Fsp3) is 0.359. The van der Waals surface area contributed by atoms with Crippen LogP contribution in [0.25, 0.3) is 10.4 Å². The summed E-state index contributed by atoms with van der Waals surface area (Å²) in [5.41, 5.74) is 8.76. The normalized spacial score (nSPS) is 14.3. The summed E-state index contributed by atoms with van der Waals surface area (Å²) in [6.07, 6.45) is 0.296. The van der Waals surface area contributed by atoms with Crippen molar-refractivity contribution in [2.45, 2.75) is 71.0 Å². The van der Waals surface area contributed by atoms with E-state index in [4.69, 9.17) is 8.85 Å². The molecule has 4 rings (SSSR count). The maximum absolute atomic E-state index is 10.7. The summed E-state index contributed by atoms with van der Waals surface area (Å²) in [6, 6.07) is 43.6. The molecular formula is C39H48N4O2Si2. The third kappa shape index (κ3) is 7.62. The molecule has 0 radical (unpaired) electrons. The summed E-state index contributed by atoms with van der Waals surface area (Å²) in [4.78, 5) is 3.23. The van der Waals surface area contributed by atoms with E-state index in [1.807, 2.05) is 31.2 Å². The molecule has 0 amide bonds. The summed E-state index contributed by atoms with van der Waals surface area (Å²) in [5, 5.41) is 19.0. The van der Waals surface area contributed by atoms with E-state index in [0.717, 1.165) is 20.7 Å². The maximum atomic E-state index is 10.7. The third-order valence-corrected chi connectivity index (χ3v) is 19.1. The van der Waals surface area contributed by atoms with Crippen LogP contribution in [0.1, 0.15) is 54.9 Å². The molecule has 2 atom stereocenters. The lowest BCUT2D eigenvalue weighted by molar-refractivity contribution is 0.166. The van der Waals surface area contributed by atoms with Crippen LogP contribution in [0.5, 0.6) is 0 Å². The molecule has 0 aliphatic rings. The fourth-order valence-corrected chi connectivity index (χ4v) is 16.2. The van der Waals surface area contributed by atoms with E-state index in [9.17, 15) is 10.8 Å². The van der Waals surface area contributed by atoms with Gasteiger partial charge in [-0.15, -0.1) is 0 Å². The Hall–Kier alpha value is -3.97. The van der Waals surface area contributed by atoms with Crippen molar-refractivity contribution >= 4 is 37.4 Å². The van der Waals surface area contributed by atoms with Crippen molar-refractivity contribution < 1.29 is 8.85 Å². The summed E-state index contributed by atoms with van der Waals surface area (Å²) < 4.78 is 14.3. The van der Waals surface area contributed by atoms with Crippen LogP contribution in [-0.4, -0.2) is 35.9 Å². The zero-order chi connectivity index (χ0) is 34.2. The molecule has 0 unspecified atom stereocenters. The smallest absolute Gasteiger partial charge is 0.261 e. The highest BCUT2D eigenvalue weighted by molar-refractivity contribution is 7.00. The Morgan fingerprint density at radius 1 is 0.638 bits per heavy atom.